The number of nitrogens with one attached hydrogen (secondary N) is 2. The van der Waals surface area contributed by atoms with Gasteiger partial charge in [-0.05, 0) is 75.3 Å². The number of amides is 1. The number of carbonyl (C=O) groups is 1. The molecule has 2 N–H and O–H groups in total. The maximum absolute atomic E-state index is 13.4. The Bertz CT molecular complexity index is 2160. The minimum Gasteiger partial charge on any atom is -0.497 e. The minimum absolute atomic E-state index is 0.0212. The first-order valence-electron chi connectivity index (χ1n) is 20.1. The van der Waals surface area contributed by atoms with E-state index in [1.54, 1.807) is 39.7 Å². The van der Waals surface area contributed by atoms with Gasteiger partial charge in [0.2, 0.25) is 11.9 Å². The monoisotopic (exact) mass is 844 g/mol. The molecule has 1 amide bonds. The highest BCUT2D eigenvalue weighted by Gasteiger charge is 2.54. The van der Waals surface area contributed by atoms with E-state index in [-0.39, 0.29) is 54.2 Å². The Labute approximate surface area is 352 Å². The van der Waals surface area contributed by atoms with Crippen LogP contribution < -0.4 is 20.3 Å². The molecule has 1 fully saturated rings. The molecular weight excluding hydrogens is 787 g/mol. The fourth-order valence-electron chi connectivity index (χ4n) is 7.60. The van der Waals surface area contributed by atoms with E-state index >= 15 is 0 Å². The number of carbonyl (C=O) groups excluding carboxylic acids is 1. The Morgan fingerprint density at radius 2 is 1.45 bits per heavy atom. The standard InChI is InChI=1S/C44H57N6O9P/c1-27(2)39(51)47-43-46-38-35(40(52)48-43)45-26-49(38)41-36(56-25-24-53-7)37(59-60(10)50(28(3)4)29(5)6)42(57-41)58-44(30-14-12-11-13-15-30,31-16-20-33(54-8)21-17-31)32-18-22-34(55-9)23-19-32/h11-23,26-29,36-37,41-42H,24-25H2,1-10H3,(H2,46,47,48,51,52)/t36-,37+,41-,42-,60?/m1/s1. The minimum atomic E-state index is -1.30. The quantitative estimate of drug-likeness (QED) is 0.0495. The second-order valence-electron chi connectivity index (χ2n) is 15.3. The zero-order chi connectivity index (χ0) is 43.1. The summed E-state index contributed by atoms with van der Waals surface area (Å²) in [6, 6.07) is 25.7. The number of aromatic amines is 1. The van der Waals surface area contributed by atoms with Gasteiger partial charge in [0.1, 0.15) is 37.6 Å². The fourth-order valence-corrected chi connectivity index (χ4v) is 9.58. The number of ether oxygens (including phenoxy) is 6. The zero-order valence-corrected chi connectivity index (χ0v) is 36.8. The number of imidazole rings is 1. The summed E-state index contributed by atoms with van der Waals surface area (Å²) in [4.78, 5) is 37.9. The number of hydrogen-bond acceptors (Lipinski definition) is 12. The molecule has 0 aliphatic carbocycles. The van der Waals surface area contributed by atoms with E-state index in [0.29, 0.717) is 11.5 Å². The highest BCUT2D eigenvalue weighted by molar-refractivity contribution is 7.49. The Kier molecular flexibility index (Phi) is 14.8. The normalized spacial score (nSPS) is 18.8. The molecule has 1 aliphatic heterocycles. The number of nitrogens with zero attached hydrogens (tertiary/aromatic N) is 4. The lowest BCUT2D eigenvalue weighted by Crippen LogP contribution is -2.44. The van der Waals surface area contributed by atoms with Gasteiger partial charge in [0.05, 0.1) is 33.8 Å². The molecular formula is C44H57N6O9P. The van der Waals surface area contributed by atoms with Gasteiger partial charge in [-0.3, -0.25) is 29.1 Å². The zero-order valence-electron chi connectivity index (χ0n) is 35.9. The molecule has 2 aromatic heterocycles. The SMILES string of the molecule is COCCO[C@@H]1[C@H](OP(C)N(C(C)C)C(C)C)[C@@H](OC(c2ccccc2)(c2ccc(OC)cc2)c2ccc(OC)cc2)O[C@H]1n1cnc2c(=O)[nH]c(NC(=O)C(C)C)nc21. The second kappa shape index (κ2) is 19.8. The Morgan fingerprint density at radius 3 is 1.98 bits per heavy atom. The van der Waals surface area contributed by atoms with Crippen molar-refractivity contribution >= 4 is 31.3 Å². The van der Waals surface area contributed by atoms with E-state index in [1.165, 1.54) is 6.33 Å². The first kappa shape index (κ1) is 44.8. The molecule has 5 atom stereocenters. The number of fused-ring (bicyclic) bond motifs is 1. The van der Waals surface area contributed by atoms with Crippen molar-refractivity contribution in [1.29, 1.82) is 0 Å². The van der Waals surface area contributed by atoms with Gasteiger partial charge in [0, 0.05) is 25.1 Å². The Hall–Kier alpha value is -4.73. The maximum Gasteiger partial charge on any atom is 0.280 e. The van der Waals surface area contributed by atoms with Gasteiger partial charge in [-0.2, -0.15) is 4.98 Å². The van der Waals surface area contributed by atoms with E-state index in [1.807, 2.05) is 78.9 Å². The van der Waals surface area contributed by atoms with Crippen molar-refractivity contribution in [2.75, 3.05) is 46.5 Å². The molecule has 1 aliphatic rings. The summed E-state index contributed by atoms with van der Waals surface area (Å²) >= 11 is 0. The molecule has 16 heteroatoms. The first-order valence-corrected chi connectivity index (χ1v) is 21.7. The molecule has 0 bridgehead atoms. The van der Waals surface area contributed by atoms with Crippen LogP contribution in [0.3, 0.4) is 0 Å². The van der Waals surface area contributed by atoms with Gasteiger partial charge >= 0.3 is 0 Å². The van der Waals surface area contributed by atoms with Gasteiger partial charge in [-0.25, -0.2) is 4.98 Å². The van der Waals surface area contributed by atoms with E-state index in [9.17, 15) is 9.59 Å². The number of hydrogen-bond donors (Lipinski definition) is 2. The van der Waals surface area contributed by atoms with Crippen LogP contribution in [0.25, 0.3) is 11.2 Å². The summed E-state index contributed by atoms with van der Waals surface area (Å²) in [5.74, 6) is 0.668. The molecule has 3 heterocycles. The van der Waals surface area contributed by atoms with Crippen molar-refractivity contribution in [3.8, 4) is 11.5 Å². The highest BCUT2D eigenvalue weighted by atomic mass is 31.2. The number of rotatable bonds is 19. The molecule has 15 nitrogen and oxygen atoms in total. The number of benzene rings is 3. The summed E-state index contributed by atoms with van der Waals surface area (Å²) in [7, 11) is 3.58. The second-order valence-corrected chi connectivity index (χ2v) is 16.9. The van der Waals surface area contributed by atoms with Gasteiger partial charge < -0.3 is 32.9 Å². The molecule has 0 radical (unpaired) electrons. The summed E-state index contributed by atoms with van der Waals surface area (Å²) in [6.07, 6.45) is -2.32. The number of H-pyrrole nitrogens is 1. The Morgan fingerprint density at radius 1 is 0.867 bits per heavy atom. The van der Waals surface area contributed by atoms with E-state index in [2.05, 4.69) is 59.3 Å². The first-order chi connectivity index (χ1) is 28.8. The smallest absolute Gasteiger partial charge is 0.280 e. The third kappa shape index (κ3) is 9.42. The number of methoxy groups -OCH3 is 3. The van der Waals surface area contributed by atoms with Crippen molar-refractivity contribution in [2.45, 2.75) is 84.0 Å². The van der Waals surface area contributed by atoms with Crippen molar-refractivity contribution in [3.05, 3.63) is 112 Å². The number of anilines is 1. The van der Waals surface area contributed by atoms with Crippen molar-refractivity contribution in [3.63, 3.8) is 0 Å². The summed E-state index contributed by atoms with van der Waals surface area (Å²) < 4.78 is 49.2. The number of aromatic nitrogens is 4. The van der Waals surface area contributed by atoms with Crippen LogP contribution in [0.5, 0.6) is 11.5 Å². The van der Waals surface area contributed by atoms with Crippen LogP contribution in [0.2, 0.25) is 0 Å². The molecule has 0 spiro atoms. The largest absolute Gasteiger partial charge is 0.497 e. The predicted octanol–water partition coefficient (Wildman–Crippen LogP) is 7.07. The van der Waals surface area contributed by atoms with Gasteiger partial charge in [0.15, 0.2) is 23.7 Å². The van der Waals surface area contributed by atoms with E-state index in [4.69, 9.17) is 32.9 Å². The van der Waals surface area contributed by atoms with E-state index in [0.717, 1.165) is 16.7 Å². The lowest BCUT2D eigenvalue weighted by Gasteiger charge is -2.41. The molecule has 322 valence electrons. The van der Waals surface area contributed by atoms with Crippen LogP contribution in [0.15, 0.2) is 90.0 Å². The van der Waals surface area contributed by atoms with Crippen molar-refractivity contribution in [2.24, 2.45) is 5.92 Å². The molecule has 5 aromatic rings. The van der Waals surface area contributed by atoms with Gasteiger partial charge in [0.25, 0.3) is 5.56 Å². The van der Waals surface area contributed by atoms with Crippen LogP contribution in [0.4, 0.5) is 5.95 Å². The van der Waals surface area contributed by atoms with E-state index < -0.39 is 44.2 Å². The molecule has 60 heavy (non-hydrogen) atoms. The lowest BCUT2D eigenvalue weighted by molar-refractivity contribution is -0.212. The third-order valence-electron chi connectivity index (χ3n) is 10.3. The summed E-state index contributed by atoms with van der Waals surface area (Å²) in [6.45, 7) is 14.6. The van der Waals surface area contributed by atoms with Crippen LogP contribution in [0.1, 0.15) is 64.5 Å². The van der Waals surface area contributed by atoms with Gasteiger partial charge in [-0.15, -0.1) is 0 Å². The molecule has 6 rings (SSSR count). The lowest BCUT2D eigenvalue weighted by atomic mass is 9.80. The predicted molar refractivity (Wildman–Crippen MR) is 230 cm³/mol. The highest BCUT2D eigenvalue weighted by Crippen LogP contribution is 2.51. The van der Waals surface area contributed by atoms with Crippen LogP contribution >= 0.6 is 8.30 Å². The molecule has 1 unspecified atom stereocenters. The summed E-state index contributed by atoms with van der Waals surface area (Å²) in [5.41, 5.74) is 0.795. The fraction of sp³-hybridized carbons (Fsp3) is 0.455. The average Bonchev–Trinajstić information content (AvgIpc) is 3.80. The average molecular weight is 845 g/mol. The summed E-state index contributed by atoms with van der Waals surface area (Å²) in [5, 5.41) is 2.71. The topological polar surface area (TPSA) is 161 Å². The molecule has 0 saturated carbocycles. The van der Waals surface area contributed by atoms with Crippen LogP contribution in [0, 0.1) is 5.92 Å². The van der Waals surface area contributed by atoms with Crippen LogP contribution in [-0.4, -0.2) is 102 Å². The molecule has 3 aromatic carbocycles. The third-order valence-corrected chi connectivity index (χ3v) is 12.5. The van der Waals surface area contributed by atoms with Crippen molar-refractivity contribution < 1.29 is 37.7 Å². The Balaban J connectivity index is 1.57. The van der Waals surface area contributed by atoms with Gasteiger partial charge in [-0.1, -0.05) is 68.4 Å². The molecule has 1 saturated heterocycles. The maximum atomic E-state index is 13.4. The van der Waals surface area contributed by atoms with Crippen molar-refractivity contribution in [1.82, 2.24) is 24.2 Å². The van der Waals surface area contributed by atoms with Crippen LogP contribution in [-0.2, 0) is 33.9 Å².